The van der Waals surface area contributed by atoms with Gasteiger partial charge < -0.3 is 10.4 Å². The summed E-state index contributed by atoms with van der Waals surface area (Å²) in [6, 6.07) is 13.0. The summed E-state index contributed by atoms with van der Waals surface area (Å²) in [7, 11) is 0. The summed E-state index contributed by atoms with van der Waals surface area (Å²) in [4.78, 5) is 4.09. The van der Waals surface area contributed by atoms with Crippen LogP contribution in [0.5, 0.6) is 0 Å². The predicted octanol–water partition coefficient (Wildman–Crippen LogP) is 2.88. The van der Waals surface area contributed by atoms with Gasteiger partial charge in [0, 0.05) is 12.7 Å². The summed E-state index contributed by atoms with van der Waals surface area (Å²) < 4.78 is 0. The lowest BCUT2D eigenvalue weighted by molar-refractivity contribution is 0.191. The zero-order chi connectivity index (χ0) is 12.1. The number of hydrogen-bond donors (Lipinski definition) is 2. The third-order valence-electron chi connectivity index (χ3n) is 2.41. The van der Waals surface area contributed by atoms with E-state index in [-0.39, 0.29) is 0 Å². The van der Waals surface area contributed by atoms with Gasteiger partial charge in [-0.05, 0) is 17.7 Å². The highest BCUT2D eigenvalue weighted by Gasteiger charge is 2.07. The van der Waals surface area contributed by atoms with Crippen molar-refractivity contribution in [3.63, 3.8) is 0 Å². The van der Waals surface area contributed by atoms with Gasteiger partial charge in [0.2, 0.25) is 0 Å². The topological polar surface area (TPSA) is 45.1 Å². The number of aliphatic hydroxyl groups is 1. The molecule has 17 heavy (non-hydrogen) atoms. The summed E-state index contributed by atoms with van der Waals surface area (Å²) >= 11 is 5.95. The Morgan fingerprint density at radius 2 is 1.94 bits per heavy atom. The minimum absolute atomic E-state index is 0.376. The first-order chi connectivity index (χ1) is 8.27. The zero-order valence-electron chi connectivity index (χ0n) is 9.18. The third-order valence-corrected chi connectivity index (χ3v) is 2.71. The normalized spacial score (nSPS) is 12.1. The molecule has 1 heterocycles. The minimum atomic E-state index is -0.575. The molecule has 2 rings (SSSR count). The summed E-state index contributed by atoms with van der Waals surface area (Å²) in [5, 5.41) is 13.5. The van der Waals surface area contributed by atoms with Crippen molar-refractivity contribution in [3.8, 4) is 0 Å². The second-order valence-electron chi connectivity index (χ2n) is 3.64. The molecule has 0 radical (unpaired) electrons. The van der Waals surface area contributed by atoms with E-state index in [1.165, 1.54) is 0 Å². The van der Waals surface area contributed by atoms with Gasteiger partial charge in [0.15, 0.2) is 0 Å². The van der Waals surface area contributed by atoms with Crippen molar-refractivity contribution >= 4 is 17.4 Å². The van der Waals surface area contributed by atoms with Crippen molar-refractivity contribution in [2.24, 2.45) is 0 Å². The molecule has 0 spiro atoms. The van der Waals surface area contributed by atoms with Crippen LogP contribution in [0.3, 0.4) is 0 Å². The number of rotatable bonds is 4. The number of anilines is 1. The summed E-state index contributed by atoms with van der Waals surface area (Å²) in [6.07, 6.45) is 1.08. The Morgan fingerprint density at radius 1 is 1.18 bits per heavy atom. The van der Waals surface area contributed by atoms with Gasteiger partial charge >= 0.3 is 0 Å². The molecular formula is C13H13ClN2O. The molecule has 0 aliphatic rings. The van der Waals surface area contributed by atoms with Crippen LogP contribution in [0.15, 0.2) is 48.7 Å². The molecule has 0 unspecified atom stereocenters. The Bertz CT molecular complexity index is 476. The smallest absolute Gasteiger partial charge is 0.144 e. The second kappa shape index (κ2) is 5.66. The lowest BCUT2D eigenvalue weighted by Gasteiger charge is -2.13. The van der Waals surface area contributed by atoms with E-state index in [1.807, 2.05) is 30.3 Å². The van der Waals surface area contributed by atoms with Crippen LogP contribution in [-0.4, -0.2) is 16.6 Å². The highest BCUT2D eigenvalue weighted by atomic mass is 35.5. The largest absolute Gasteiger partial charge is 0.387 e. The molecule has 0 bridgehead atoms. The lowest BCUT2D eigenvalue weighted by atomic mass is 10.1. The Balaban J connectivity index is 1.97. The Hall–Kier alpha value is -1.58. The highest BCUT2D eigenvalue weighted by molar-refractivity contribution is 6.32. The molecule has 4 heteroatoms. The number of hydrogen-bond acceptors (Lipinski definition) is 3. The quantitative estimate of drug-likeness (QED) is 0.875. The van der Waals surface area contributed by atoms with E-state index in [1.54, 1.807) is 18.3 Å². The molecule has 88 valence electrons. The number of aliphatic hydroxyl groups excluding tert-OH is 1. The molecule has 0 aliphatic heterocycles. The van der Waals surface area contributed by atoms with Crippen LogP contribution in [0, 0.1) is 0 Å². The van der Waals surface area contributed by atoms with Gasteiger partial charge in [-0.2, -0.15) is 0 Å². The van der Waals surface area contributed by atoms with Crippen molar-refractivity contribution in [1.82, 2.24) is 4.98 Å². The fraction of sp³-hybridized carbons (Fsp3) is 0.154. The molecule has 0 aliphatic carbocycles. The minimum Gasteiger partial charge on any atom is -0.387 e. The van der Waals surface area contributed by atoms with Crippen LogP contribution in [0.2, 0.25) is 5.02 Å². The van der Waals surface area contributed by atoms with Gasteiger partial charge in [-0.1, -0.05) is 41.9 Å². The maximum atomic E-state index is 9.94. The first kappa shape index (κ1) is 11.9. The van der Waals surface area contributed by atoms with Gasteiger partial charge in [-0.15, -0.1) is 0 Å². The van der Waals surface area contributed by atoms with Gasteiger partial charge in [0.25, 0.3) is 0 Å². The molecule has 1 aromatic heterocycles. The molecular weight excluding hydrogens is 236 g/mol. The summed E-state index contributed by atoms with van der Waals surface area (Å²) in [6.45, 7) is 0.376. The first-order valence-electron chi connectivity index (χ1n) is 5.35. The molecule has 1 aromatic carbocycles. The number of nitrogens with one attached hydrogen (secondary N) is 1. The van der Waals surface area contributed by atoms with Gasteiger partial charge in [0.1, 0.15) is 5.82 Å². The van der Waals surface area contributed by atoms with Crippen molar-refractivity contribution < 1.29 is 5.11 Å². The predicted molar refractivity (Wildman–Crippen MR) is 69.1 cm³/mol. The van der Waals surface area contributed by atoms with Crippen LogP contribution in [-0.2, 0) is 0 Å². The SMILES string of the molecule is O[C@@H](CNc1ncccc1Cl)c1ccccc1. The second-order valence-corrected chi connectivity index (χ2v) is 4.05. The Labute approximate surface area is 105 Å². The van der Waals surface area contributed by atoms with Crippen LogP contribution in [0.1, 0.15) is 11.7 Å². The average molecular weight is 249 g/mol. The molecule has 3 nitrogen and oxygen atoms in total. The highest BCUT2D eigenvalue weighted by Crippen LogP contribution is 2.19. The molecule has 0 amide bonds. The average Bonchev–Trinajstić information content (AvgIpc) is 2.38. The van der Waals surface area contributed by atoms with E-state index in [9.17, 15) is 5.11 Å². The standard InChI is InChI=1S/C13H13ClN2O/c14-11-7-4-8-15-13(11)16-9-12(17)10-5-2-1-3-6-10/h1-8,12,17H,9H2,(H,15,16)/t12-/m0/s1. The maximum Gasteiger partial charge on any atom is 0.144 e. The van der Waals surface area contributed by atoms with Crippen LogP contribution >= 0.6 is 11.6 Å². The number of benzene rings is 1. The van der Waals surface area contributed by atoms with Gasteiger partial charge in [0.05, 0.1) is 11.1 Å². The summed E-state index contributed by atoms with van der Waals surface area (Å²) in [5.74, 6) is 0.587. The Kier molecular flexibility index (Phi) is 3.96. The van der Waals surface area contributed by atoms with E-state index in [0.29, 0.717) is 17.4 Å². The van der Waals surface area contributed by atoms with E-state index >= 15 is 0 Å². The molecule has 0 saturated heterocycles. The van der Waals surface area contributed by atoms with Crippen LogP contribution in [0.25, 0.3) is 0 Å². The maximum absolute atomic E-state index is 9.94. The van der Waals surface area contributed by atoms with Crippen molar-refractivity contribution in [2.75, 3.05) is 11.9 Å². The van der Waals surface area contributed by atoms with Gasteiger partial charge in [-0.3, -0.25) is 0 Å². The number of halogens is 1. The fourth-order valence-corrected chi connectivity index (χ4v) is 1.69. The van der Waals surface area contributed by atoms with Crippen LogP contribution < -0.4 is 5.32 Å². The van der Waals surface area contributed by atoms with Crippen molar-refractivity contribution in [3.05, 3.63) is 59.2 Å². The lowest BCUT2D eigenvalue weighted by Crippen LogP contribution is -2.13. The van der Waals surface area contributed by atoms with Crippen molar-refractivity contribution in [1.29, 1.82) is 0 Å². The number of aromatic nitrogens is 1. The Morgan fingerprint density at radius 3 is 2.65 bits per heavy atom. The summed E-state index contributed by atoms with van der Waals surface area (Å²) in [5.41, 5.74) is 0.868. The van der Waals surface area contributed by atoms with Crippen molar-refractivity contribution in [2.45, 2.75) is 6.10 Å². The van der Waals surface area contributed by atoms with E-state index in [2.05, 4.69) is 10.3 Å². The first-order valence-corrected chi connectivity index (χ1v) is 5.72. The van der Waals surface area contributed by atoms with E-state index < -0.39 is 6.10 Å². The number of nitrogens with zero attached hydrogens (tertiary/aromatic N) is 1. The van der Waals surface area contributed by atoms with E-state index in [0.717, 1.165) is 5.56 Å². The monoisotopic (exact) mass is 248 g/mol. The molecule has 2 aromatic rings. The third kappa shape index (κ3) is 3.19. The fourth-order valence-electron chi connectivity index (χ4n) is 1.50. The zero-order valence-corrected chi connectivity index (χ0v) is 9.93. The van der Waals surface area contributed by atoms with Gasteiger partial charge in [-0.25, -0.2) is 4.98 Å². The molecule has 2 N–H and O–H groups in total. The van der Waals surface area contributed by atoms with Crippen LogP contribution in [0.4, 0.5) is 5.82 Å². The molecule has 1 atom stereocenters. The number of pyridine rings is 1. The molecule has 0 fully saturated rings. The molecule has 0 saturated carbocycles. The van der Waals surface area contributed by atoms with E-state index in [4.69, 9.17) is 11.6 Å².